The quantitative estimate of drug-likeness (QED) is 0.178. The summed E-state index contributed by atoms with van der Waals surface area (Å²) >= 11 is 6.19. The van der Waals surface area contributed by atoms with E-state index in [-0.39, 0.29) is 5.91 Å². The number of hydrogen-bond acceptors (Lipinski definition) is 3. The number of amides is 1. The minimum Gasteiger partial charge on any atom is -0.391 e. The van der Waals surface area contributed by atoms with Gasteiger partial charge < -0.3 is 15.1 Å². The van der Waals surface area contributed by atoms with Crippen LogP contribution in [0.25, 0.3) is 6.08 Å². The van der Waals surface area contributed by atoms with E-state index in [1.54, 1.807) is 6.08 Å². The first-order valence-electron chi connectivity index (χ1n) is 14.3. The average Bonchev–Trinajstić information content (AvgIpc) is 3.19. The van der Waals surface area contributed by atoms with Crippen LogP contribution >= 0.6 is 11.6 Å². The summed E-state index contributed by atoms with van der Waals surface area (Å²) in [6, 6.07) is 5.84. The van der Waals surface area contributed by atoms with Gasteiger partial charge in [0.1, 0.15) is 0 Å². The van der Waals surface area contributed by atoms with Gasteiger partial charge in [0.05, 0.1) is 5.84 Å². The molecule has 0 radical (unpaired) electrons. The normalized spacial score (nSPS) is 17.5. The Bertz CT molecular complexity index is 1080. The lowest BCUT2D eigenvalue weighted by molar-refractivity contribution is -0.127. The van der Waals surface area contributed by atoms with Crippen molar-refractivity contribution in [1.82, 2.24) is 15.1 Å². The molecule has 1 aliphatic carbocycles. The van der Waals surface area contributed by atoms with Crippen LogP contribution in [-0.4, -0.2) is 48.2 Å². The number of nitrogens with zero attached hydrogens (tertiary/aromatic N) is 2. The van der Waals surface area contributed by atoms with Crippen molar-refractivity contribution in [3.05, 3.63) is 88.8 Å². The molecule has 1 unspecified atom stereocenters. The molecule has 1 aliphatic heterocycles. The van der Waals surface area contributed by atoms with E-state index in [2.05, 4.69) is 48.0 Å². The third-order valence-electron chi connectivity index (χ3n) is 7.21. The van der Waals surface area contributed by atoms with Crippen molar-refractivity contribution in [2.75, 3.05) is 26.7 Å². The van der Waals surface area contributed by atoms with Crippen LogP contribution in [0.1, 0.15) is 64.0 Å². The van der Waals surface area contributed by atoms with Crippen LogP contribution in [0.2, 0.25) is 5.02 Å². The maximum absolute atomic E-state index is 12.7. The van der Waals surface area contributed by atoms with Gasteiger partial charge in [-0.15, -0.1) is 0 Å². The summed E-state index contributed by atoms with van der Waals surface area (Å²) in [5, 5.41) is 12.2. The van der Waals surface area contributed by atoms with Crippen molar-refractivity contribution in [2.24, 2.45) is 11.8 Å². The highest BCUT2D eigenvalue weighted by molar-refractivity contribution is 6.31. The number of likely N-dealkylation sites (tertiary alicyclic amines) is 1. The van der Waals surface area contributed by atoms with Gasteiger partial charge in [0, 0.05) is 55.6 Å². The third kappa shape index (κ3) is 10.9. The van der Waals surface area contributed by atoms with Gasteiger partial charge in [-0.25, -0.2) is 0 Å². The fourth-order valence-electron chi connectivity index (χ4n) is 4.75. The van der Waals surface area contributed by atoms with E-state index in [1.165, 1.54) is 5.70 Å². The molecule has 5 nitrogen and oxygen atoms in total. The lowest BCUT2D eigenvalue weighted by atomic mass is 9.93. The van der Waals surface area contributed by atoms with Crippen molar-refractivity contribution in [2.45, 2.75) is 59.8 Å². The van der Waals surface area contributed by atoms with Crippen LogP contribution in [0.15, 0.2) is 72.6 Å². The molecule has 1 fully saturated rings. The molecule has 0 spiro atoms. The fraction of sp³-hybridized carbons (Fsp3) is 0.455. The number of carbonyl (C=O) groups is 1. The number of allylic oxidation sites excluding steroid dienone is 6. The summed E-state index contributed by atoms with van der Waals surface area (Å²) in [6.45, 7) is 10.2. The molecule has 0 bridgehead atoms. The fourth-order valence-corrected chi connectivity index (χ4v) is 4.94. The van der Waals surface area contributed by atoms with Crippen molar-refractivity contribution in [3.63, 3.8) is 0 Å². The second kappa shape index (κ2) is 17.5. The Kier molecular flexibility index (Phi) is 14.4. The number of rotatable bonds is 10. The predicted molar refractivity (Wildman–Crippen MR) is 168 cm³/mol. The van der Waals surface area contributed by atoms with E-state index >= 15 is 0 Å². The predicted octanol–water partition coefficient (Wildman–Crippen LogP) is 7.76. The van der Waals surface area contributed by atoms with Crippen molar-refractivity contribution >= 4 is 29.4 Å². The van der Waals surface area contributed by atoms with E-state index in [0.717, 1.165) is 62.9 Å². The molecule has 6 heteroatoms. The van der Waals surface area contributed by atoms with Crippen LogP contribution < -0.4 is 5.32 Å². The highest BCUT2D eigenvalue weighted by atomic mass is 35.5. The van der Waals surface area contributed by atoms with Crippen LogP contribution in [0.5, 0.6) is 0 Å². The Balaban J connectivity index is 0.00000260. The number of nitrogens with one attached hydrogen (secondary N) is 2. The molecule has 212 valence electrons. The molecule has 2 N–H and O–H groups in total. The van der Waals surface area contributed by atoms with Gasteiger partial charge in [0.25, 0.3) is 0 Å². The van der Waals surface area contributed by atoms with Crippen LogP contribution in [0.3, 0.4) is 0 Å². The molecule has 1 saturated heterocycles. The van der Waals surface area contributed by atoms with E-state index in [4.69, 9.17) is 17.0 Å². The molecule has 0 aromatic heterocycles. The van der Waals surface area contributed by atoms with Gasteiger partial charge in [0.15, 0.2) is 0 Å². The molecule has 1 aromatic rings. The number of carbonyl (C=O) groups excluding carboxylic acids is 1. The Hall–Kier alpha value is -3.05. The summed E-state index contributed by atoms with van der Waals surface area (Å²) < 4.78 is 0. The van der Waals surface area contributed by atoms with E-state index < -0.39 is 0 Å². The van der Waals surface area contributed by atoms with Gasteiger partial charge in [-0.2, -0.15) is 0 Å². The number of benzene rings is 1. The maximum atomic E-state index is 12.7. The highest BCUT2D eigenvalue weighted by Gasteiger charge is 2.22. The molecule has 1 aromatic carbocycles. The zero-order valence-electron chi connectivity index (χ0n) is 24.4. The minimum absolute atomic E-state index is 0.0608. The zero-order valence-corrected chi connectivity index (χ0v) is 25.2. The maximum Gasteiger partial charge on any atom is 0.246 e. The van der Waals surface area contributed by atoms with Gasteiger partial charge in [-0.3, -0.25) is 10.2 Å². The highest BCUT2D eigenvalue weighted by Crippen LogP contribution is 2.23. The first-order valence-corrected chi connectivity index (χ1v) is 14.7. The number of amidine groups is 1. The molecular formula is C33H47ClN4O. The van der Waals surface area contributed by atoms with Crippen molar-refractivity contribution in [1.29, 1.82) is 5.41 Å². The molecule has 2 aliphatic rings. The summed E-state index contributed by atoms with van der Waals surface area (Å²) in [7, 11) is 1.97. The number of hydrogen-bond donors (Lipinski definition) is 2. The lowest BCUT2D eigenvalue weighted by Gasteiger charge is -2.32. The number of piperidine rings is 1. The van der Waals surface area contributed by atoms with E-state index in [1.807, 2.05) is 68.8 Å². The topological polar surface area (TPSA) is 59.4 Å². The first kappa shape index (κ1) is 32.2. The first-order chi connectivity index (χ1) is 18.9. The Morgan fingerprint density at radius 2 is 1.92 bits per heavy atom. The van der Waals surface area contributed by atoms with Crippen LogP contribution in [0.4, 0.5) is 0 Å². The van der Waals surface area contributed by atoms with Crippen LogP contribution in [0, 0.1) is 24.2 Å². The Morgan fingerprint density at radius 1 is 1.18 bits per heavy atom. The van der Waals surface area contributed by atoms with Gasteiger partial charge >= 0.3 is 0 Å². The molecule has 0 saturated carbocycles. The third-order valence-corrected chi connectivity index (χ3v) is 7.62. The molecular weight excluding hydrogens is 504 g/mol. The van der Waals surface area contributed by atoms with Gasteiger partial charge in [-0.05, 0) is 81.2 Å². The summed E-state index contributed by atoms with van der Waals surface area (Å²) in [4.78, 5) is 16.6. The Labute approximate surface area is 241 Å². The minimum atomic E-state index is 0.0608. The van der Waals surface area contributed by atoms with E-state index in [0.29, 0.717) is 22.7 Å². The standard InChI is InChI=1S/C31H41ClN4O.C2H6/c1-24-12-13-27(23-29(24)32)14-15-31(37)36-21-17-26(18-22-36)16-20-35(25(2)33)19-8-7-10-28-9-5-4-6-11-30(28)34-3;1-2/h4-6,8-9,11-15,19,23,26,28,33-34H,7,10,16-18,20-22H2,1-3H3;1-2H3/b15-14+,19-8+,33-25?;. The summed E-state index contributed by atoms with van der Waals surface area (Å²) in [5.74, 6) is 1.59. The van der Waals surface area contributed by atoms with Gasteiger partial charge in [0.2, 0.25) is 5.91 Å². The second-order valence-electron chi connectivity index (χ2n) is 9.89. The summed E-state index contributed by atoms with van der Waals surface area (Å²) in [6.07, 6.45) is 23.4. The van der Waals surface area contributed by atoms with Gasteiger partial charge in [-0.1, -0.05) is 68.0 Å². The lowest BCUT2D eigenvalue weighted by Crippen LogP contribution is -2.38. The van der Waals surface area contributed by atoms with Crippen molar-refractivity contribution in [3.8, 4) is 0 Å². The molecule has 1 atom stereocenters. The number of halogens is 1. The zero-order chi connectivity index (χ0) is 28.6. The Morgan fingerprint density at radius 3 is 2.59 bits per heavy atom. The largest absolute Gasteiger partial charge is 0.391 e. The monoisotopic (exact) mass is 550 g/mol. The molecule has 1 amide bonds. The SMILES string of the molecule is CC.CNC1=CC=CC=CC1CC/C=C/N(CCC1CCN(C(=O)/C=C/c2ccc(C)c(Cl)c2)CC1)C(C)=N. The average molecular weight is 551 g/mol. The van der Waals surface area contributed by atoms with Crippen LogP contribution in [-0.2, 0) is 4.79 Å². The van der Waals surface area contributed by atoms with Crippen molar-refractivity contribution < 1.29 is 4.79 Å². The second-order valence-corrected chi connectivity index (χ2v) is 10.3. The summed E-state index contributed by atoms with van der Waals surface area (Å²) in [5.41, 5.74) is 3.21. The van der Waals surface area contributed by atoms with E-state index in [9.17, 15) is 4.79 Å². The molecule has 3 rings (SSSR count). The number of aryl methyl sites for hydroxylation is 1. The smallest absolute Gasteiger partial charge is 0.246 e. The molecule has 39 heavy (non-hydrogen) atoms. The molecule has 1 heterocycles.